The van der Waals surface area contributed by atoms with E-state index in [-0.39, 0.29) is 11.1 Å². The minimum absolute atomic E-state index is 0.129. The van der Waals surface area contributed by atoms with Crippen LogP contribution in [0.2, 0.25) is 0 Å². The van der Waals surface area contributed by atoms with Gasteiger partial charge in [-0.1, -0.05) is 12.1 Å². The van der Waals surface area contributed by atoms with E-state index in [9.17, 15) is 26.3 Å². The Kier molecular flexibility index (Phi) is 5.23. The average Bonchev–Trinajstić information content (AvgIpc) is 3.32. The molecule has 0 saturated heterocycles. The Balaban J connectivity index is 1.67. The molecule has 6 nitrogen and oxygen atoms in total. The molecule has 178 valence electrons. The third-order valence-corrected chi connectivity index (χ3v) is 5.24. The molecule has 4 aromatic rings. The highest BCUT2D eigenvalue weighted by molar-refractivity contribution is 5.90. The second-order valence-corrected chi connectivity index (χ2v) is 7.46. The van der Waals surface area contributed by atoms with Crippen molar-refractivity contribution < 1.29 is 26.3 Å². The SMILES string of the molecule is FC(F)(F)c1cc(-n2nccc2C2=CC=CN(c3ccncc3)N2)c2cccc(C(F)(F)F)c2n1. The van der Waals surface area contributed by atoms with Crippen LogP contribution in [-0.4, -0.2) is 19.7 Å². The van der Waals surface area contributed by atoms with Gasteiger partial charge in [-0.2, -0.15) is 31.4 Å². The number of allylic oxidation sites excluding steroid dienone is 2. The molecule has 4 heterocycles. The second kappa shape index (κ2) is 8.15. The zero-order chi connectivity index (χ0) is 24.8. The Hall–Kier alpha value is -4.35. The molecule has 1 aliphatic rings. The van der Waals surface area contributed by atoms with Gasteiger partial charge >= 0.3 is 12.4 Å². The topological polar surface area (TPSA) is 58.9 Å². The van der Waals surface area contributed by atoms with Crippen molar-refractivity contribution in [1.82, 2.24) is 25.2 Å². The number of para-hydroxylation sites is 1. The van der Waals surface area contributed by atoms with Gasteiger partial charge in [0.15, 0.2) is 0 Å². The van der Waals surface area contributed by atoms with Gasteiger partial charge < -0.3 is 0 Å². The summed E-state index contributed by atoms with van der Waals surface area (Å²) in [6, 6.07) is 8.81. The minimum Gasteiger partial charge on any atom is -0.292 e. The standard InChI is InChI=1S/C23H14F6N6/c24-22(25,26)16-4-1-3-15-19(13-20(23(27,28)29)32-21(15)16)35-18(8-11-31-35)17-5-2-12-34(33-17)14-6-9-30-10-7-14/h1-13,33H. The molecule has 0 bridgehead atoms. The zero-order valence-electron chi connectivity index (χ0n) is 17.5. The fourth-order valence-electron chi connectivity index (χ4n) is 3.71. The van der Waals surface area contributed by atoms with Gasteiger partial charge in [-0.05, 0) is 42.5 Å². The summed E-state index contributed by atoms with van der Waals surface area (Å²) in [4.78, 5) is 7.29. The van der Waals surface area contributed by atoms with Crippen molar-refractivity contribution in [1.29, 1.82) is 0 Å². The summed E-state index contributed by atoms with van der Waals surface area (Å²) in [7, 11) is 0. The Morgan fingerprint density at radius 2 is 1.63 bits per heavy atom. The number of nitrogens with one attached hydrogen (secondary N) is 1. The molecule has 35 heavy (non-hydrogen) atoms. The van der Waals surface area contributed by atoms with Gasteiger partial charge in [-0.25, -0.2) is 9.67 Å². The van der Waals surface area contributed by atoms with Crippen LogP contribution in [0.15, 0.2) is 79.4 Å². The third kappa shape index (κ3) is 4.18. The van der Waals surface area contributed by atoms with E-state index in [1.807, 2.05) is 0 Å². The molecular formula is C23H14F6N6. The van der Waals surface area contributed by atoms with Gasteiger partial charge in [-0.3, -0.25) is 15.4 Å². The lowest BCUT2D eigenvalue weighted by Crippen LogP contribution is -2.34. The van der Waals surface area contributed by atoms with Crippen LogP contribution in [0, 0.1) is 0 Å². The van der Waals surface area contributed by atoms with Crippen LogP contribution in [0.4, 0.5) is 32.0 Å². The van der Waals surface area contributed by atoms with Crippen LogP contribution in [0.3, 0.4) is 0 Å². The molecule has 0 radical (unpaired) electrons. The number of hydrazine groups is 1. The number of halogens is 6. The predicted octanol–water partition coefficient (Wildman–Crippen LogP) is 5.73. The Bertz CT molecular complexity index is 1450. The largest absolute Gasteiger partial charge is 0.433 e. The summed E-state index contributed by atoms with van der Waals surface area (Å²) in [5.74, 6) is 0. The van der Waals surface area contributed by atoms with Crippen molar-refractivity contribution in [3.63, 3.8) is 0 Å². The van der Waals surface area contributed by atoms with Crippen LogP contribution in [0.1, 0.15) is 17.0 Å². The van der Waals surface area contributed by atoms with Crippen molar-refractivity contribution in [2.24, 2.45) is 0 Å². The molecule has 5 rings (SSSR count). The molecule has 0 spiro atoms. The number of anilines is 1. The van der Waals surface area contributed by atoms with Crippen LogP contribution < -0.4 is 10.4 Å². The van der Waals surface area contributed by atoms with E-state index >= 15 is 0 Å². The summed E-state index contributed by atoms with van der Waals surface area (Å²) in [6.45, 7) is 0. The van der Waals surface area contributed by atoms with Gasteiger partial charge in [0.1, 0.15) is 5.69 Å². The Morgan fingerprint density at radius 1 is 0.857 bits per heavy atom. The quantitative estimate of drug-likeness (QED) is 0.373. The lowest BCUT2D eigenvalue weighted by molar-refractivity contribution is -0.142. The third-order valence-electron chi connectivity index (χ3n) is 5.24. The van der Waals surface area contributed by atoms with E-state index in [1.165, 1.54) is 18.3 Å². The molecule has 1 N–H and O–H groups in total. The highest BCUT2D eigenvalue weighted by Gasteiger charge is 2.38. The molecule has 0 unspecified atom stereocenters. The van der Waals surface area contributed by atoms with Crippen molar-refractivity contribution in [2.45, 2.75) is 12.4 Å². The maximum Gasteiger partial charge on any atom is 0.433 e. The van der Waals surface area contributed by atoms with E-state index in [2.05, 4.69) is 20.5 Å². The second-order valence-electron chi connectivity index (χ2n) is 7.46. The highest BCUT2D eigenvalue weighted by Crippen LogP contribution is 2.39. The summed E-state index contributed by atoms with van der Waals surface area (Å²) < 4.78 is 82.9. The molecule has 3 aromatic heterocycles. The van der Waals surface area contributed by atoms with E-state index in [0.717, 1.165) is 16.4 Å². The van der Waals surface area contributed by atoms with Crippen molar-refractivity contribution in [3.8, 4) is 5.69 Å². The minimum atomic E-state index is -4.97. The number of pyridine rings is 2. The Labute approximate surface area is 193 Å². The monoisotopic (exact) mass is 488 g/mol. The number of alkyl halides is 6. The first-order chi connectivity index (χ1) is 16.6. The molecule has 12 heteroatoms. The maximum absolute atomic E-state index is 13.6. The number of nitrogens with zero attached hydrogens (tertiary/aromatic N) is 5. The molecule has 1 aliphatic heterocycles. The average molecular weight is 488 g/mol. The lowest BCUT2D eigenvalue weighted by Gasteiger charge is -2.27. The number of fused-ring (bicyclic) bond motifs is 1. The van der Waals surface area contributed by atoms with Gasteiger partial charge in [0.05, 0.1) is 40.0 Å². The lowest BCUT2D eigenvalue weighted by atomic mass is 10.1. The van der Waals surface area contributed by atoms with Gasteiger partial charge in [0, 0.05) is 24.0 Å². The zero-order valence-corrected chi connectivity index (χ0v) is 17.5. The molecule has 1 aromatic carbocycles. The number of benzene rings is 1. The van der Waals surface area contributed by atoms with Gasteiger partial charge in [-0.15, -0.1) is 0 Å². The maximum atomic E-state index is 13.6. The smallest absolute Gasteiger partial charge is 0.292 e. The number of aromatic nitrogens is 4. The van der Waals surface area contributed by atoms with Crippen molar-refractivity contribution in [3.05, 3.63) is 96.4 Å². The molecule has 0 aliphatic carbocycles. The van der Waals surface area contributed by atoms with Crippen LogP contribution >= 0.6 is 0 Å². The fourth-order valence-corrected chi connectivity index (χ4v) is 3.71. The van der Waals surface area contributed by atoms with Crippen molar-refractivity contribution >= 4 is 22.3 Å². The van der Waals surface area contributed by atoms with E-state index in [1.54, 1.807) is 47.9 Å². The number of hydrogen-bond acceptors (Lipinski definition) is 5. The normalized spacial score (nSPS) is 14.2. The summed E-state index contributed by atoms with van der Waals surface area (Å²) in [5, 5.41) is 5.66. The summed E-state index contributed by atoms with van der Waals surface area (Å²) in [5.41, 5.74) is 0.896. The van der Waals surface area contributed by atoms with Crippen LogP contribution in [0.5, 0.6) is 0 Å². The number of rotatable bonds is 3. The first-order valence-corrected chi connectivity index (χ1v) is 10.1. The first kappa shape index (κ1) is 22.4. The highest BCUT2D eigenvalue weighted by atomic mass is 19.4. The van der Waals surface area contributed by atoms with Crippen molar-refractivity contribution in [2.75, 3.05) is 5.01 Å². The van der Waals surface area contributed by atoms with Gasteiger partial charge in [0.25, 0.3) is 0 Å². The van der Waals surface area contributed by atoms with Crippen LogP contribution in [-0.2, 0) is 12.4 Å². The van der Waals surface area contributed by atoms with E-state index in [4.69, 9.17) is 0 Å². The molecule has 0 amide bonds. The first-order valence-electron chi connectivity index (χ1n) is 10.1. The molecular weight excluding hydrogens is 474 g/mol. The van der Waals surface area contributed by atoms with E-state index < -0.39 is 29.1 Å². The predicted molar refractivity (Wildman–Crippen MR) is 116 cm³/mol. The van der Waals surface area contributed by atoms with E-state index in [0.29, 0.717) is 23.5 Å². The summed E-state index contributed by atoms with van der Waals surface area (Å²) >= 11 is 0. The van der Waals surface area contributed by atoms with Crippen LogP contribution in [0.25, 0.3) is 22.3 Å². The van der Waals surface area contributed by atoms with Gasteiger partial charge in [0.2, 0.25) is 0 Å². The fraction of sp³-hybridized carbons (Fsp3) is 0.0870. The number of hydrogen-bond donors (Lipinski definition) is 1. The molecule has 0 fully saturated rings. The molecule has 0 atom stereocenters. The Morgan fingerprint density at radius 3 is 2.34 bits per heavy atom. The summed E-state index contributed by atoms with van der Waals surface area (Å²) in [6.07, 6.45) is -0.251. The molecule has 0 saturated carbocycles.